The summed E-state index contributed by atoms with van der Waals surface area (Å²) in [7, 11) is 0. The first kappa shape index (κ1) is 11.6. The maximum absolute atomic E-state index is 13.6. The van der Waals surface area contributed by atoms with Crippen LogP contribution in [0.2, 0.25) is 5.02 Å². The first-order valence-electron chi connectivity index (χ1n) is 5.51. The van der Waals surface area contributed by atoms with E-state index in [2.05, 4.69) is 0 Å². The molecule has 2 aromatic carbocycles. The highest BCUT2D eigenvalue weighted by atomic mass is 35.5. The predicted octanol–water partition coefficient (Wildman–Crippen LogP) is 4.43. The molecule has 0 amide bonds. The molecule has 1 aliphatic rings. The Hall–Kier alpha value is -1.45. The van der Waals surface area contributed by atoms with Gasteiger partial charge in [0.25, 0.3) is 0 Å². The Labute approximate surface area is 108 Å². The van der Waals surface area contributed by atoms with E-state index in [1.54, 1.807) is 6.07 Å². The normalized spacial score (nSPS) is 21.9. The van der Waals surface area contributed by atoms with Crippen LogP contribution >= 0.6 is 11.6 Å². The van der Waals surface area contributed by atoms with E-state index >= 15 is 0 Å². The van der Waals surface area contributed by atoms with E-state index < -0.39 is 11.6 Å². The maximum atomic E-state index is 13.6. The zero-order valence-corrected chi connectivity index (χ0v) is 9.99. The molecule has 18 heavy (non-hydrogen) atoms. The van der Waals surface area contributed by atoms with E-state index in [0.29, 0.717) is 10.6 Å². The van der Waals surface area contributed by atoms with Crippen LogP contribution in [0.5, 0.6) is 0 Å². The third kappa shape index (κ3) is 2.00. The number of hydrogen-bond donors (Lipinski definition) is 0. The monoisotopic (exact) mass is 266 g/mol. The van der Waals surface area contributed by atoms with Crippen LogP contribution in [0.1, 0.15) is 23.3 Å². The Morgan fingerprint density at radius 3 is 2.39 bits per heavy atom. The number of halogens is 3. The molecule has 0 aromatic heterocycles. The highest BCUT2D eigenvalue weighted by Crippen LogP contribution is 2.53. The molecule has 0 bridgehead atoms. The van der Waals surface area contributed by atoms with Crippen molar-refractivity contribution in [3.63, 3.8) is 0 Å². The fourth-order valence-electron chi connectivity index (χ4n) is 2.02. The Bertz CT molecular complexity index is 600. The van der Waals surface area contributed by atoms with Crippen molar-refractivity contribution in [1.29, 1.82) is 0 Å². The summed E-state index contributed by atoms with van der Waals surface area (Å²) < 4.78 is 31.8. The Morgan fingerprint density at radius 2 is 1.67 bits per heavy atom. The fourth-order valence-corrected chi connectivity index (χ4v) is 2.27. The molecule has 1 aliphatic heterocycles. The van der Waals surface area contributed by atoms with Gasteiger partial charge < -0.3 is 4.74 Å². The van der Waals surface area contributed by atoms with E-state index in [-0.39, 0.29) is 12.2 Å². The van der Waals surface area contributed by atoms with Gasteiger partial charge in [-0.3, -0.25) is 0 Å². The molecule has 0 radical (unpaired) electrons. The van der Waals surface area contributed by atoms with Crippen molar-refractivity contribution in [1.82, 2.24) is 0 Å². The smallest absolute Gasteiger partial charge is 0.132 e. The lowest BCUT2D eigenvalue weighted by Gasteiger charge is -2.01. The molecule has 92 valence electrons. The predicted molar refractivity (Wildman–Crippen MR) is 64.4 cm³/mol. The summed E-state index contributed by atoms with van der Waals surface area (Å²) in [5.74, 6) is -1.18. The molecule has 0 spiro atoms. The lowest BCUT2D eigenvalue weighted by molar-refractivity contribution is 0.373. The minimum Gasteiger partial charge on any atom is -0.359 e. The first-order chi connectivity index (χ1) is 8.66. The van der Waals surface area contributed by atoms with Crippen molar-refractivity contribution < 1.29 is 13.5 Å². The number of ether oxygens (including phenoxy) is 1. The van der Waals surface area contributed by atoms with E-state index in [9.17, 15) is 8.78 Å². The van der Waals surface area contributed by atoms with Crippen LogP contribution in [0.15, 0.2) is 42.5 Å². The van der Waals surface area contributed by atoms with Crippen LogP contribution in [0.4, 0.5) is 8.78 Å². The molecular weight excluding hydrogens is 258 g/mol. The standard InChI is InChI=1S/C14H9ClF2O/c15-11-4-2-1-3-9(11)13-14(18-13)10-6-5-8(16)7-12(10)17/h1-7,13-14H/t13-,14+/m1/s1. The summed E-state index contributed by atoms with van der Waals surface area (Å²) in [6.45, 7) is 0. The zero-order chi connectivity index (χ0) is 12.7. The topological polar surface area (TPSA) is 12.5 Å². The molecule has 4 heteroatoms. The van der Waals surface area contributed by atoms with E-state index in [0.717, 1.165) is 11.6 Å². The second-order valence-corrected chi connectivity index (χ2v) is 4.57. The van der Waals surface area contributed by atoms with Crippen molar-refractivity contribution in [3.05, 3.63) is 70.2 Å². The quantitative estimate of drug-likeness (QED) is 0.733. The van der Waals surface area contributed by atoms with Gasteiger partial charge in [0.1, 0.15) is 23.8 Å². The third-order valence-corrected chi connectivity index (χ3v) is 3.32. The van der Waals surface area contributed by atoms with Gasteiger partial charge in [0, 0.05) is 22.2 Å². The Balaban J connectivity index is 1.88. The summed E-state index contributed by atoms with van der Waals surface area (Å²) in [6, 6.07) is 10.8. The summed E-state index contributed by atoms with van der Waals surface area (Å²) >= 11 is 6.04. The van der Waals surface area contributed by atoms with Gasteiger partial charge in [-0.05, 0) is 12.1 Å². The van der Waals surface area contributed by atoms with Crippen molar-refractivity contribution in [2.24, 2.45) is 0 Å². The van der Waals surface area contributed by atoms with Gasteiger partial charge in [-0.1, -0.05) is 35.9 Å². The summed E-state index contributed by atoms with van der Waals surface area (Å²) in [5, 5.41) is 0.590. The van der Waals surface area contributed by atoms with Crippen molar-refractivity contribution in [2.45, 2.75) is 12.2 Å². The van der Waals surface area contributed by atoms with Gasteiger partial charge in [0.15, 0.2) is 0 Å². The minimum atomic E-state index is -0.591. The van der Waals surface area contributed by atoms with Gasteiger partial charge in [-0.2, -0.15) is 0 Å². The molecule has 2 atom stereocenters. The molecule has 1 saturated heterocycles. The lowest BCUT2D eigenvalue weighted by atomic mass is 10.0. The highest BCUT2D eigenvalue weighted by molar-refractivity contribution is 6.31. The molecule has 0 saturated carbocycles. The molecule has 1 nitrogen and oxygen atoms in total. The third-order valence-electron chi connectivity index (χ3n) is 2.97. The summed E-state index contributed by atoms with van der Waals surface area (Å²) in [4.78, 5) is 0. The van der Waals surface area contributed by atoms with Crippen LogP contribution in [0, 0.1) is 11.6 Å². The van der Waals surface area contributed by atoms with Gasteiger partial charge in [-0.25, -0.2) is 8.78 Å². The summed E-state index contributed by atoms with van der Waals surface area (Å²) in [5.41, 5.74) is 1.19. The van der Waals surface area contributed by atoms with Crippen molar-refractivity contribution >= 4 is 11.6 Å². The SMILES string of the molecule is Fc1ccc([C@@H]2O[C@@H]2c2ccccc2Cl)c(F)c1. The highest BCUT2D eigenvalue weighted by Gasteiger charge is 2.43. The average molecular weight is 267 g/mol. The number of epoxide rings is 1. The second-order valence-electron chi connectivity index (χ2n) is 4.16. The van der Waals surface area contributed by atoms with E-state index in [4.69, 9.17) is 16.3 Å². The largest absolute Gasteiger partial charge is 0.359 e. The molecule has 2 aromatic rings. The maximum Gasteiger partial charge on any atom is 0.132 e. The van der Waals surface area contributed by atoms with Gasteiger partial charge in [0.2, 0.25) is 0 Å². The van der Waals surface area contributed by atoms with Crippen LogP contribution in [-0.2, 0) is 4.74 Å². The molecular formula is C14H9ClF2O. The lowest BCUT2D eigenvalue weighted by Crippen LogP contribution is -1.91. The molecule has 0 unspecified atom stereocenters. The first-order valence-corrected chi connectivity index (χ1v) is 5.89. The van der Waals surface area contributed by atoms with Crippen molar-refractivity contribution in [3.8, 4) is 0 Å². The van der Waals surface area contributed by atoms with Crippen molar-refractivity contribution in [2.75, 3.05) is 0 Å². The average Bonchev–Trinajstić information content (AvgIpc) is 3.09. The Kier molecular flexibility index (Phi) is 2.80. The molecule has 1 heterocycles. The fraction of sp³-hybridized carbons (Fsp3) is 0.143. The van der Waals surface area contributed by atoms with Gasteiger partial charge in [-0.15, -0.1) is 0 Å². The second kappa shape index (κ2) is 4.34. The Morgan fingerprint density at radius 1 is 0.944 bits per heavy atom. The van der Waals surface area contributed by atoms with Crippen LogP contribution in [-0.4, -0.2) is 0 Å². The number of benzene rings is 2. The van der Waals surface area contributed by atoms with Crippen LogP contribution < -0.4 is 0 Å². The number of hydrogen-bond acceptors (Lipinski definition) is 1. The zero-order valence-electron chi connectivity index (χ0n) is 9.24. The van der Waals surface area contributed by atoms with Crippen LogP contribution in [0.3, 0.4) is 0 Å². The van der Waals surface area contributed by atoms with E-state index in [1.807, 2.05) is 18.2 Å². The minimum absolute atomic E-state index is 0.251. The van der Waals surface area contributed by atoms with E-state index in [1.165, 1.54) is 12.1 Å². The van der Waals surface area contributed by atoms with Gasteiger partial charge in [0.05, 0.1) is 0 Å². The molecule has 0 N–H and O–H groups in total. The molecule has 0 aliphatic carbocycles. The molecule has 1 fully saturated rings. The number of rotatable bonds is 2. The van der Waals surface area contributed by atoms with Crippen LogP contribution in [0.25, 0.3) is 0 Å². The molecule has 3 rings (SSSR count). The summed E-state index contributed by atoms with van der Waals surface area (Å²) in [6.07, 6.45) is -0.635. The van der Waals surface area contributed by atoms with Gasteiger partial charge >= 0.3 is 0 Å².